The number of aliphatic hydroxyl groups is 1. The number of hydrogen-bond acceptors (Lipinski definition) is 5. The van der Waals surface area contributed by atoms with Crippen molar-refractivity contribution in [3.8, 4) is 0 Å². The van der Waals surface area contributed by atoms with E-state index < -0.39 is 30.1 Å². The average Bonchev–Trinajstić information content (AvgIpc) is 2.45. The van der Waals surface area contributed by atoms with Crippen molar-refractivity contribution in [3.05, 3.63) is 29.8 Å². The van der Waals surface area contributed by atoms with Crippen LogP contribution in [0.2, 0.25) is 0 Å². The van der Waals surface area contributed by atoms with Crippen LogP contribution in [0.15, 0.2) is 24.3 Å². The van der Waals surface area contributed by atoms with E-state index in [9.17, 15) is 19.5 Å². The second kappa shape index (κ2) is 6.71. The van der Waals surface area contributed by atoms with E-state index in [-0.39, 0.29) is 11.3 Å². The highest BCUT2D eigenvalue weighted by atomic mass is 16.5. The molecule has 0 aromatic heterocycles. The van der Waals surface area contributed by atoms with Gasteiger partial charge in [-0.25, -0.2) is 14.4 Å². The maximum atomic E-state index is 11.7. The predicted octanol–water partition coefficient (Wildman–Crippen LogP) is 0.430. The molecule has 0 heterocycles. The summed E-state index contributed by atoms with van der Waals surface area (Å²) in [5, 5.41) is 22.8. The Bertz CT molecular complexity index is 555. The van der Waals surface area contributed by atoms with E-state index in [2.05, 4.69) is 15.4 Å². The predicted molar refractivity (Wildman–Crippen MR) is 73.1 cm³/mol. The molecule has 0 radical (unpaired) electrons. The van der Waals surface area contributed by atoms with Crippen LogP contribution in [0.4, 0.5) is 10.5 Å². The van der Waals surface area contributed by atoms with Gasteiger partial charge in [-0.05, 0) is 19.1 Å². The minimum atomic E-state index is -2.08. The van der Waals surface area contributed by atoms with Crippen LogP contribution in [0.1, 0.15) is 17.3 Å². The molecule has 4 N–H and O–H groups in total. The molecule has 0 saturated heterocycles. The second-order valence-corrected chi connectivity index (χ2v) is 4.42. The Labute approximate surface area is 120 Å². The van der Waals surface area contributed by atoms with Crippen LogP contribution >= 0.6 is 0 Å². The van der Waals surface area contributed by atoms with Gasteiger partial charge >= 0.3 is 18.0 Å². The molecule has 2 amide bonds. The number of hydrogen-bond donors (Lipinski definition) is 4. The zero-order valence-electron chi connectivity index (χ0n) is 11.5. The average molecular weight is 296 g/mol. The van der Waals surface area contributed by atoms with E-state index in [1.54, 1.807) is 12.1 Å². The third kappa shape index (κ3) is 4.46. The molecule has 8 heteroatoms. The van der Waals surface area contributed by atoms with Crippen LogP contribution in [0.3, 0.4) is 0 Å². The zero-order chi connectivity index (χ0) is 16.0. The summed E-state index contributed by atoms with van der Waals surface area (Å²) in [5.74, 6) is -2.08. The smallest absolute Gasteiger partial charge is 0.339 e. The van der Waals surface area contributed by atoms with Crippen LogP contribution in [-0.4, -0.2) is 47.4 Å². The van der Waals surface area contributed by atoms with Crippen molar-refractivity contribution < 1.29 is 29.3 Å². The highest BCUT2D eigenvalue weighted by Gasteiger charge is 2.30. The highest BCUT2D eigenvalue weighted by molar-refractivity contribution is 6.00. The highest BCUT2D eigenvalue weighted by Crippen LogP contribution is 2.15. The number of carbonyl (C=O) groups is 3. The Balaban J connectivity index is 2.72. The minimum Gasteiger partial charge on any atom is -0.479 e. The van der Waals surface area contributed by atoms with Gasteiger partial charge < -0.3 is 25.6 Å². The van der Waals surface area contributed by atoms with Crippen LogP contribution < -0.4 is 10.6 Å². The van der Waals surface area contributed by atoms with Gasteiger partial charge in [-0.2, -0.15) is 0 Å². The van der Waals surface area contributed by atoms with Crippen molar-refractivity contribution >= 4 is 23.7 Å². The van der Waals surface area contributed by atoms with Gasteiger partial charge in [0, 0.05) is 0 Å². The SMILES string of the molecule is COC(=O)c1ccccc1NC(=O)NCC(C)(O)C(=O)O. The van der Waals surface area contributed by atoms with Gasteiger partial charge in [0.25, 0.3) is 0 Å². The Morgan fingerprint density at radius 1 is 1.29 bits per heavy atom. The first-order chi connectivity index (χ1) is 9.77. The number of para-hydroxylation sites is 1. The van der Waals surface area contributed by atoms with E-state index in [0.29, 0.717) is 0 Å². The molecule has 0 saturated carbocycles. The lowest BCUT2D eigenvalue weighted by Gasteiger charge is -2.18. The number of anilines is 1. The van der Waals surface area contributed by atoms with E-state index >= 15 is 0 Å². The molecule has 1 atom stereocenters. The molecule has 1 unspecified atom stereocenters. The van der Waals surface area contributed by atoms with Gasteiger partial charge in [0.15, 0.2) is 5.60 Å². The maximum absolute atomic E-state index is 11.7. The number of amides is 2. The standard InChI is InChI=1S/C13H16N2O6/c1-13(20,11(17)18)7-14-12(19)15-9-6-4-3-5-8(9)10(16)21-2/h3-6,20H,7H2,1-2H3,(H,17,18)(H2,14,15,19). The van der Waals surface area contributed by atoms with Gasteiger partial charge in [0.2, 0.25) is 0 Å². The summed E-state index contributed by atoms with van der Waals surface area (Å²) in [6.45, 7) is 0.562. The molecule has 1 aromatic rings. The first-order valence-electron chi connectivity index (χ1n) is 5.96. The fraction of sp³-hybridized carbons (Fsp3) is 0.308. The van der Waals surface area contributed by atoms with Crippen molar-refractivity contribution in [2.24, 2.45) is 0 Å². The number of carbonyl (C=O) groups excluding carboxylic acids is 2. The van der Waals surface area contributed by atoms with Crippen molar-refractivity contribution in [3.63, 3.8) is 0 Å². The van der Waals surface area contributed by atoms with Gasteiger partial charge in [0.05, 0.1) is 24.9 Å². The third-order valence-electron chi connectivity index (χ3n) is 2.63. The Morgan fingerprint density at radius 3 is 2.48 bits per heavy atom. The second-order valence-electron chi connectivity index (χ2n) is 4.42. The molecule has 114 valence electrons. The first-order valence-corrected chi connectivity index (χ1v) is 5.96. The lowest BCUT2D eigenvalue weighted by atomic mass is 10.1. The van der Waals surface area contributed by atoms with Crippen LogP contribution in [-0.2, 0) is 9.53 Å². The maximum Gasteiger partial charge on any atom is 0.339 e. The van der Waals surface area contributed by atoms with Crippen molar-refractivity contribution in [2.45, 2.75) is 12.5 Å². The number of methoxy groups -OCH3 is 1. The van der Waals surface area contributed by atoms with Crippen molar-refractivity contribution in [2.75, 3.05) is 19.0 Å². The fourth-order valence-corrected chi connectivity index (χ4v) is 1.37. The Hall–Kier alpha value is -2.61. The van der Waals surface area contributed by atoms with Gasteiger partial charge in [-0.1, -0.05) is 12.1 Å². The molecule has 8 nitrogen and oxygen atoms in total. The van der Waals surface area contributed by atoms with Gasteiger partial charge in [-0.15, -0.1) is 0 Å². The lowest BCUT2D eigenvalue weighted by Crippen LogP contribution is -2.47. The monoisotopic (exact) mass is 296 g/mol. The number of aliphatic carboxylic acids is 1. The minimum absolute atomic E-state index is 0.153. The van der Waals surface area contributed by atoms with E-state index in [0.717, 1.165) is 6.92 Å². The quantitative estimate of drug-likeness (QED) is 0.584. The molecule has 0 fully saturated rings. The normalized spacial score (nSPS) is 12.9. The summed E-state index contributed by atoms with van der Waals surface area (Å²) >= 11 is 0. The summed E-state index contributed by atoms with van der Waals surface area (Å²) in [7, 11) is 1.21. The molecule has 1 aromatic carbocycles. The van der Waals surface area contributed by atoms with E-state index in [1.165, 1.54) is 19.2 Å². The molecule has 0 spiro atoms. The zero-order valence-corrected chi connectivity index (χ0v) is 11.5. The first kappa shape index (κ1) is 16.4. The Morgan fingerprint density at radius 2 is 1.90 bits per heavy atom. The van der Waals surface area contributed by atoms with Crippen molar-refractivity contribution in [1.29, 1.82) is 0 Å². The molecule has 0 aliphatic rings. The molecular weight excluding hydrogens is 280 g/mol. The summed E-state index contributed by atoms with van der Waals surface area (Å²) in [4.78, 5) is 33.9. The van der Waals surface area contributed by atoms with E-state index in [4.69, 9.17) is 5.11 Å². The topological polar surface area (TPSA) is 125 Å². The number of ether oxygens (including phenoxy) is 1. The van der Waals surface area contributed by atoms with Crippen LogP contribution in [0.25, 0.3) is 0 Å². The summed E-state index contributed by atoms with van der Waals surface area (Å²) < 4.78 is 4.58. The molecular formula is C13H16N2O6. The third-order valence-corrected chi connectivity index (χ3v) is 2.63. The summed E-state index contributed by atoms with van der Waals surface area (Å²) in [6.07, 6.45) is 0. The number of carboxylic acids is 1. The number of rotatable bonds is 5. The molecule has 0 aliphatic carbocycles. The largest absolute Gasteiger partial charge is 0.479 e. The number of nitrogens with one attached hydrogen (secondary N) is 2. The van der Waals surface area contributed by atoms with Gasteiger partial charge in [0.1, 0.15) is 0 Å². The van der Waals surface area contributed by atoms with Gasteiger partial charge in [-0.3, -0.25) is 0 Å². The number of urea groups is 1. The van der Waals surface area contributed by atoms with E-state index in [1.807, 2.05) is 0 Å². The number of benzene rings is 1. The molecule has 21 heavy (non-hydrogen) atoms. The van der Waals surface area contributed by atoms with Crippen LogP contribution in [0, 0.1) is 0 Å². The fourth-order valence-electron chi connectivity index (χ4n) is 1.37. The summed E-state index contributed by atoms with van der Waals surface area (Å²) in [6, 6.07) is 5.41. The van der Waals surface area contributed by atoms with Crippen LogP contribution in [0.5, 0.6) is 0 Å². The lowest BCUT2D eigenvalue weighted by molar-refractivity contribution is -0.155. The number of esters is 1. The van der Waals surface area contributed by atoms with Crippen molar-refractivity contribution in [1.82, 2.24) is 5.32 Å². The summed E-state index contributed by atoms with van der Waals surface area (Å²) in [5.41, 5.74) is -1.73. The molecule has 0 bridgehead atoms. The molecule has 0 aliphatic heterocycles. The Kier molecular flexibility index (Phi) is 5.25. The molecule has 1 rings (SSSR count). The number of carboxylic acid groups (broad SMARTS) is 1.